The van der Waals surface area contributed by atoms with Gasteiger partial charge < -0.3 is 14.6 Å². The zero-order chi connectivity index (χ0) is 13.2. The third-order valence-electron chi connectivity index (χ3n) is 3.80. The Morgan fingerprint density at radius 2 is 2.00 bits per heavy atom. The number of rotatable bonds is 5. The van der Waals surface area contributed by atoms with Gasteiger partial charge in [-0.05, 0) is 33.2 Å². The average Bonchev–Trinajstić information content (AvgIpc) is 2.87. The van der Waals surface area contributed by atoms with Crippen LogP contribution in [0, 0.1) is 0 Å². The molecule has 4 nitrogen and oxygen atoms in total. The van der Waals surface area contributed by atoms with Gasteiger partial charge in [-0.1, -0.05) is 6.92 Å². The number of hydrogen-bond acceptors (Lipinski definition) is 4. The largest absolute Gasteiger partial charge is 0.389 e. The first-order valence-corrected chi connectivity index (χ1v) is 7.19. The molecule has 1 saturated heterocycles. The van der Waals surface area contributed by atoms with E-state index in [1.165, 1.54) is 12.8 Å². The summed E-state index contributed by atoms with van der Waals surface area (Å²) in [6, 6.07) is 0. The van der Waals surface area contributed by atoms with Gasteiger partial charge in [0.2, 0.25) is 0 Å². The van der Waals surface area contributed by atoms with Gasteiger partial charge >= 0.3 is 0 Å². The smallest absolute Gasteiger partial charge is 0.168 e. The molecule has 1 spiro atoms. The van der Waals surface area contributed by atoms with E-state index >= 15 is 0 Å². The lowest BCUT2D eigenvalue weighted by atomic mass is 10.1. The summed E-state index contributed by atoms with van der Waals surface area (Å²) < 4.78 is 12.0. The average molecular weight is 257 g/mol. The minimum absolute atomic E-state index is 0.158. The second-order valence-corrected chi connectivity index (χ2v) is 6.31. The first kappa shape index (κ1) is 14.3. The van der Waals surface area contributed by atoms with Crippen LogP contribution in [0.3, 0.4) is 0 Å². The Morgan fingerprint density at radius 1 is 1.33 bits per heavy atom. The lowest BCUT2D eigenvalue weighted by molar-refractivity contribution is -0.163. The van der Waals surface area contributed by atoms with Gasteiger partial charge in [0.05, 0.1) is 18.3 Å². The number of hydrogen-bond donors (Lipinski definition) is 1. The SMILES string of the molecule is CCN(CC1COC2(CCCC2)O1)CC(C)(C)O. The van der Waals surface area contributed by atoms with E-state index in [4.69, 9.17) is 9.47 Å². The molecule has 1 saturated carbocycles. The van der Waals surface area contributed by atoms with E-state index in [0.29, 0.717) is 13.2 Å². The van der Waals surface area contributed by atoms with Crippen LogP contribution >= 0.6 is 0 Å². The number of likely N-dealkylation sites (N-methyl/N-ethyl adjacent to an activating group) is 1. The van der Waals surface area contributed by atoms with Crippen LogP contribution in [0.1, 0.15) is 46.5 Å². The molecule has 0 bridgehead atoms. The van der Waals surface area contributed by atoms with Gasteiger partial charge in [-0.25, -0.2) is 0 Å². The lowest BCUT2D eigenvalue weighted by Gasteiger charge is -2.30. The molecule has 1 aliphatic heterocycles. The molecule has 4 heteroatoms. The van der Waals surface area contributed by atoms with Crippen LogP contribution in [-0.4, -0.2) is 53.7 Å². The lowest BCUT2D eigenvalue weighted by Crippen LogP contribution is -2.43. The zero-order valence-electron chi connectivity index (χ0n) is 11.9. The highest BCUT2D eigenvalue weighted by Gasteiger charge is 2.43. The molecule has 2 aliphatic rings. The fraction of sp³-hybridized carbons (Fsp3) is 1.00. The van der Waals surface area contributed by atoms with E-state index in [0.717, 1.165) is 25.9 Å². The van der Waals surface area contributed by atoms with Crippen LogP contribution in [0.15, 0.2) is 0 Å². The van der Waals surface area contributed by atoms with Crippen molar-refractivity contribution in [2.75, 3.05) is 26.2 Å². The molecule has 0 amide bonds. The third kappa shape index (κ3) is 3.67. The van der Waals surface area contributed by atoms with Crippen molar-refractivity contribution in [2.24, 2.45) is 0 Å². The van der Waals surface area contributed by atoms with E-state index in [9.17, 15) is 5.11 Å². The molecule has 2 rings (SSSR count). The molecule has 0 aromatic heterocycles. The summed E-state index contributed by atoms with van der Waals surface area (Å²) in [6.45, 7) is 8.96. The molecular weight excluding hydrogens is 230 g/mol. The van der Waals surface area contributed by atoms with Crippen molar-refractivity contribution in [3.8, 4) is 0 Å². The Morgan fingerprint density at radius 3 is 2.56 bits per heavy atom. The van der Waals surface area contributed by atoms with Crippen molar-refractivity contribution in [1.82, 2.24) is 4.90 Å². The fourth-order valence-electron chi connectivity index (χ4n) is 3.02. The molecule has 1 N–H and O–H groups in total. The third-order valence-corrected chi connectivity index (χ3v) is 3.80. The molecule has 1 atom stereocenters. The van der Waals surface area contributed by atoms with E-state index in [1.54, 1.807) is 0 Å². The maximum atomic E-state index is 9.88. The summed E-state index contributed by atoms with van der Waals surface area (Å²) in [4.78, 5) is 2.24. The second-order valence-electron chi connectivity index (χ2n) is 6.31. The van der Waals surface area contributed by atoms with Crippen LogP contribution in [0.25, 0.3) is 0 Å². The van der Waals surface area contributed by atoms with Gasteiger partial charge in [0.25, 0.3) is 0 Å². The fourth-order valence-corrected chi connectivity index (χ4v) is 3.02. The minimum Gasteiger partial charge on any atom is -0.389 e. The Labute approximate surface area is 110 Å². The maximum absolute atomic E-state index is 9.88. The van der Waals surface area contributed by atoms with Crippen molar-refractivity contribution in [3.63, 3.8) is 0 Å². The predicted octanol–water partition coefficient (Wildman–Crippen LogP) is 1.76. The number of nitrogens with zero attached hydrogens (tertiary/aromatic N) is 1. The maximum Gasteiger partial charge on any atom is 0.168 e. The Hall–Kier alpha value is -0.160. The quantitative estimate of drug-likeness (QED) is 0.815. The number of aliphatic hydroxyl groups is 1. The predicted molar refractivity (Wildman–Crippen MR) is 70.4 cm³/mol. The molecule has 0 radical (unpaired) electrons. The Kier molecular flexibility index (Phi) is 4.32. The zero-order valence-corrected chi connectivity index (χ0v) is 11.9. The Balaban J connectivity index is 1.82. The highest BCUT2D eigenvalue weighted by Crippen LogP contribution is 2.39. The van der Waals surface area contributed by atoms with Gasteiger partial charge in [0.1, 0.15) is 0 Å². The summed E-state index contributed by atoms with van der Waals surface area (Å²) in [5, 5.41) is 9.88. The standard InChI is InChI=1S/C14H27NO3/c1-4-15(11-13(2,3)16)9-12-10-17-14(18-12)7-5-6-8-14/h12,16H,4-11H2,1-3H3. The summed E-state index contributed by atoms with van der Waals surface area (Å²) in [5.41, 5.74) is -0.652. The van der Waals surface area contributed by atoms with Crippen molar-refractivity contribution < 1.29 is 14.6 Å². The van der Waals surface area contributed by atoms with Crippen molar-refractivity contribution >= 4 is 0 Å². The van der Waals surface area contributed by atoms with Crippen LogP contribution in [0.4, 0.5) is 0 Å². The van der Waals surface area contributed by atoms with E-state index < -0.39 is 5.60 Å². The topological polar surface area (TPSA) is 41.9 Å². The molecule has 1 unspecified atom stereocenters. The van der Waals surface area contributed by atoms with Crippen molar-refractivity contribution in [1.29, 1.82) is 0 Å². The van der Waals surface area contributed by atoms with Crippen LogP contribution in [0.5, 0.6) is 0 Å². The molecule has 1 heterocycles. The molecule has 1 aliphatic carbocycles. The van der Waals surface area contributed by atoms with Crippen molar-refractivity contribution in [2.45, 2.75) is 63.9 Å². The summed E-state index contributed by atoms with van der Waals surface area (Å²) in [6.07, 6.45) is 4.68. The normalized spacial score (nSPS) is 27.5. The van der Waals surface area contributed by atoms with Crippen molar-refractivity contribution in [3.05, 3.63) is 0 Å². The van der Waals surface area contributed by atoms with Gasteiger partial charge in [0.15, 0.2) is 5.79 Å². The molecule has 2 fully saturated rings. The molecule has 18 heavy (non-hydrogen) atoms. The summed E-state index contributed by atoms with van der Waals surface area (Å²) in [7, 11) is 0. The molecule has 0 aromatic rings. The van der Waals surface area contributed by atoms with E-state index in [1.807, 2.05) is 13.8 Å². The molecule has 106 valence electrons. The van der Waals surface area contributed by atoms with Gasteiger partial charge in [-0.15, -0.1) is 0 Å². The first-order valence-electron chi connectivity index (χ1n) is 7.19. The van der Waals surface area contributed by atoms with Gasteiger partial charge in [-0.2, -0.15) is 0 Å². The highest BCUT2D eigenvalue weighted by atomic mass is 16.7. The highest BCUT2D eigenvalue weighted by molar-refractivity contribution is 4.85. The second kappa shape index (κ2) is 5.45. The van der Waals surface area contributed by atoms with E-state index in [-0.39, 0.29) is 11.9 Å². The monoisotopic (exact) mass is 257 g/mol. The van der Waals surface area contributed by atoms with Crippen LogP contribution < -0.4 is 0 Å². The number of ether oxygens (including phenoxy) is 2. The summed E-state index contributed by atoms with van der Waals surface area (Å²) in [5.74, 6) is -0.265. The van der Waals surface area contributed by atoms with Gasteiger partial charge in [-0.3, -0.25) is 4.90 Å². The molecular formula is C14H27NO3. The van der Waals surface area contributed by atoms with Crippen LogP contribution in [-0.2, 0) is 9.47 Å². The molecule has 0 aromatic carbocycles. The summed E-state index contributed by atoms with van der Waals surface area (Å²) >= 11 is 0. The first-order chi connectivity index (χ1) is 8.42. The minimum atomic E-state index is -0.652. The van der Waals surface area contributed by atoms with E-state index in [2.05, 4.69) is 11.8 Å². The Bertz CT molecular complexity index is 269. The van der Waals surface area contributed by atoms with Crippen LogP contribution in [0.2, 0.25) is 0 Å². The van der Waals surface area contributed by atoms with Gasteiger partial charge in [0, 0.05) is 25.9 Å².